The van der Waals surface area contributed by atoms with E-state index >= 15 is 0 Å². The highest BCUT2D eigenvalue weighted by Gasteiger charge is 2.31. The lowest BCUT2D eigenvalue weighted by Gasteiger charge is -2.32. The van der Waals surface area contributed by atoms with E-state index < -0.39 is 0 Å². The van der Waals surface area contributed by atoms with E-state index in [1.807, 2.05) is 40.3 Å². The van der Waals surface area contributed by atoms with Gasteiger partial charge in [0.25, 0.3) is 5.91 Å². The summed E-state index contributed by atoms with van der Waals surface area (Å²) < 4.78 is 7.20. The van der Waals surface area contributed by atoms with Gasteiger partial charge < -0.3 is 9.64 Å². The van der Waals surface area contributed by atoms with Crippen LogP contribution in [0.25, 0.3) is 0 Å². The third kappa shape index (κ3) is 2.25. The van der Waals surface area contributed by atoms with Crippen LogP contribution in [0.15, 0.2) is 23.7 Å². The maximum Gasteiger partial charge on any atom is 0.264 e. The number of carbonyl (C=O) groups excluding carboxylic acids is 1. The first-order valence-corrected chi connectivity index (χ1v) is 7.41. The minimum Gasteiger partial charge on any atom is -0.384 e. The second-order valence-corrected chi connectivity index (χ2v) is 5.94. The van der Waals surface area contributed by atoms with Gasteiger partial charge in [-0.2, -0.15) is 5.10 Å². The molecule has 3 rings (SSSR count). The SMILES string of the molecule is COCC1CN(C(=O)c2cccs2)Cc2cnn(C)c21. The van der Waals surface area contributed by atoms with Gasteiger partial charge in [-0.1, -0.05) is 6.07 Å². The molecule has 1 unspecified atom stereocenters. The van der Waals surface area contributed by atoms with E-state index in [1.165, 1.54) is 17.0 Å². The predicted molar refractivity (Wildman–Crippen MR) is 76.9 cm³/mol. The molecule has 20 heavy (non-hydrogen) atoms. The summed E-state index contributed by atoms with van der Waals surface area (Å²) in [7, 11) is 3.63. The van der Waals surface area contributed by atoms with Crippen molar-refractivity contribution in [3.63, 3.8) is 0 Å². The number of nitrogens with zero attached hydrogens (tertiary/aromatic N) is 3. The van der Waals surface area contributed by atoms with Gasteiger partial charge in [-0.05, 0) is 11.4 Å². The number of ether oxygens (including phenoxy) is 1. The Labute approximate surface area is 121 Å². The van der Waals surface area contributed by atoms with E-state index in [4.69, 9.17) is 4.74 Å². The first-order valence-electron chi connectivity index (χ1n) is 6.53. The molecule has 6 heteroatoms. The fourth-order valence-electron chi connectivity index (χ4n) is 2.81. The van der Waals surface area contributed by atoms with Crippen LogP contribution in [-0.4, -0.2) is 40.8 Å². The van der Waals surface area contributed by atoms with Crippen molar-refractivity contribution in [1.82, 2.24) is 14.7 Å². The lowest BCUT2D eigenvalue weighted by atomic mass is 9.97. The Morgan fingerprint density at radius 3 is 3.15 bits per heavy atom. The molecule has 3 heterocycles. The first kappa shape index (κ1) is 13.3. The largest absolute Gasteiger partial charge is 0.384 e. The molecule has 0 fully saturated rings. The Morgan fingerprint density at radius 2 is 2.45 bits per heavy atom. The second-order valence-electron chi connectivity index (χ2n) is 4.99. The molecule has 0 aliphatic carbocycles. The van der Waals surface area contributed by atoms with Gasteiger partial charge in [0.05, 0.1) is 23.4 Å². The summed E-state index contributed by atoms with van der Waals surface area (Å²) in [6, 6.07) is 3.78. The number of hydrogen-bond acceptors (Lipinski definition) is 4. The smallest absolute Gasteiger partial charge is 0.264 e. The number of thiophene rings is 1. The van der Waals surface area contributed by atoms with Crippen molar-refractivity contribution >= 4 is 17.2 Å². The average Bonchev–Trinajstić information content (AvgIpc) is 3.08. The fourth-order valence-corrected chi connectivity index (χ4v) is 3.50. The van der Waals surface area contributed by atoms with Crippen LogP contribution in [0.1, 0.15) is 26.8 Å². The zero-order valence-corrected chi connectivity index (χ0v) is 12.4. The fraction of sp³-hybridized carbons (Fsp3) is 0.429. The monoisotopic (exact) mass is 291 g/mol. The molecule has 0 saturated heterocycles. The zero-order valence-electron chi connectivity index (χ0n) is 11.6. The number of rotatable bonds is 3. The molecule has 1 aliphatic heterocycles. The van der Waals surface area contributed by atoms with Crippen LogP contribution >= 0.6 is 11.3 Å². The molecule has 0 radical (unpaired) electrons. The van der Waals surface area contributed by atoms with E-state index in [-0.39, 0.29) is 11.8 Å². The van der Waals surface area contributed by atoms with Crippen LogP contribution in [0, 0.1) is 0 Å². The highest BCUT2D eigenvalue weighted by molar-refractivity contribution is 7.12. The summed E-state index contributed by atoms with van der Waals surface area (Å²) >= 11 is 1.48. The van der Waals surface area contributed by atoms with E-state index in [0.717, 1.165) is 10.4 Å². The zero-order chi connectivity index (χ0) is 14.1. The number of methoxy groups -OCH3 is 1. The molecule has 0 spiro atoms. The molecule has 0 saturated carbocycles. The van der Waals surface area contributed by atoms with Gasteiger partial charge in [-0.15, -0.1) is 11.3 Å². The Morgan fingerprint density at radius 1 is 1.60 bits per heavy atom. The number of carbonyl (C=O) groups is 1. The highest BCUT2D eigenvalue weighted by atomic mass is 32.1. The van der Waals surface area contributed by atoms with E-state index in [0.29, 0.717) is 19.7 Å². The topological polar surface area (TPSA) is 47.4 Å². The highest BCUT2D eigenvalue weighted by Crippen LogP contribution is 2.29. The van der Waals surface area contributed by atoms with Crippen LogP contribution in [0.3, 0.4) is 0 Å². The maximum absolute atomic E-state index is 12.5. The molecule has 2 aromatic rings. The summed E-state index contributed by atoms with van der Waals surface area (Å²) in [6.45, 7) is 1.90. The molecule has 2 aromatic heterocycles. The number of fused-ring (bicyclic) bond motifs is 1. The van der Waals surface area contributed by atoms with Gasteiger partial charge in [0, 0.05) is 38.7 Å². The summed E-state index contributed by atoms with van der Waals surface area (Å²) in [5.41, 5.74) is 2.30. The maximum atomic E-state index is 12.5. The molecule has 0 N–H and O–H groups in total. The number of aromatic nitrogens is 2. The van der Waals surface area contributed by atoms with Crippen molar-refractivity contribution in [1.29, 1.82) is 0 Å². The lowest BCUT2D eigenvalue weighted by Crippen LogP contribution is -2.39. The number of hydrogen-bond donors (Lipinski definition) is 0. The molecule has 1 aliphatic rings. The molecule has 106 valence electrons. The van der Waals surface area contributed by atoms with Crippen molar-refractivity contribution in [2.24, 2.45) is 7.05 Å². The van der Waals surface area contributed by atoms with Gasteiger partial charge in [-0.25, -0.2) is 0 Å². The predicted octanol–water partition coefficient (Wildman–Crippen LogP) is 1.87. The van der Waals surface area contributed by atoms with Crippen LogP contribution in [0.4, 0.5) is 0 Å². The molecule has 1 amide bonds. The summed E-state index contributed by atoms with van der Waals surface area (Å²) in [5, 5.41) is 6.24. The van der Waals surface area contributed by atoms with Gasteiger partial charge >= 0.3 is 0 Å². The van der Waals surface area contributed by atoms with Crippen LogP contribution < -0.4 is 0 Å². The molecule has 0 bridgehead atoms. The Bertz CT molecular complexity index is 606. The van der Waals surface area contributed by atoms with E-state index in [9.17, 15) is 4.79 Å². The van der Waals surface area contributed by atoms with Crippen LogP contribution in [-0.2, 0) is 18.3 Å². The van der Waals surface area contributed by atoms with Crippen molar-refractivity contribution < 1.29 is 9.53 Å². The molecule has 5 nitrogen and oxygen atoms in total. The molecule has 1 atom stereocenters. The normalized spacial score (nSPS) is 18.1. The average molecular weight is 291 g/mol. The van der Waals surface area contributed by atoms with Crippen molar-refractivity contribution in [2.75, 3.05) is 20.3 Å². The Balaban J connectivity index is 1.88. The third-order valence-electron chi connectivity index (χ3n) is 3.64. The lowest BCUT2D eigenvalue weighted by molar-refractivity contribution is 0.0681. The Hall–Kier alpha value is -1.66. The minimum atomic E-state index is 0.0932. The molecular formula is C14H17N3O2S. The number of amides is 1. The first-order chi connectivity index (χ1) is 9.70. The van der Waals surface area contributed by atoms with Crippen molar-refractivity contribution in [3.8, 4) is 0 Å². The van der Waals surface area contributed by atoms with Crippen LogP contribution in [0.2, 0.25) is 0 Å². The quantitative estimate of drug-likeness (QED) is 0.867. The summed E-state index contributed by atoms with van der Waals surface area (Å²) in [4.78, 5) is 15.2. The second kappa shape index (κ2) is 5.38. The van der Waals surface area contributed by atoms with E-state index in [1.54, 1.807) is 7.11 Å². The standard InChI is InChI=1S/C14H17N3O2S/c1-16-13-10(6-15-16)7-17(8-11(13)9-19-2)14(18)12-4-3-5-20-12/h3-6,11H,7-9H2,1-2H3. The summed E-state index contributed by atoms with van der Waals surface area (Å²) in [5.74, 6) is 0.274. The van der Waals surface area contributed by atoms with Crippen molar-refractivity contribution in [2.45, 2.75) is 12.5 Å². The third-order valence-corrected chi connectivity index (χ3v) is 4.50. The molecular weight excluding hydrogens is 274 g/mol. The Kier molecular flexibility index (Phi) is 3.58. The van der Waals surface area contributed by atoms with E-state index in [2.05, 4.69) is 5.10 Å². The van der Waals surface area contributed by atoms with Gasteiger partial charge in [-0.3, -0.25) is 9.48 Å². The van der Waals surface area contributed by atoms with Crippen molar-refractivity contribution in [3.05, 3.63) is 39.8 Å². The summed E-state index contributed by atoms with van der Waals surface area (Å²) in [6.07, 6.45) is 1.85. The molecule has 0 aromatic carbocycles. The minimum absolute atomic E-state index is 0.0932. The van der Waals surface area contributed by atoms with Gasteiger partial charge in [0.1, 0.15) is 0 Å². The van der Waals surface area contributed by atoms with Crippen LogP contribution in [0.5, 0.6) is 0 Å². The van der Waals surface area contributed by atoms with Gasteiger partial charge in [0.15, 0.2) is 0 Å². The number of aryl methyl sites for hydroxylation is 1. The van der Waals surface area contributed by atoms with Gasteiger partial charge in [0.2, 0.25) is 0 Å².